The summed E-state index contributed by atoms with van der Waals surface area (Å²) in [5, 5.41) is 9.60. The lowest BCUT2D eigenvalue weighted by atomic mass is 10.1. The first-order chi connectivity index (χ1) is 8.22. The van der Waals surface area contributed by atoms with Gasteiger partial charge in [-0.3, -0.25) is 4.18 Å². The highest BCUT2D eigenvalue weighted by Gasteiger charge is 2.49. The molecule has 1 aromatic carbocycles. The first-order valence-electron chi connectivity index (χ1n) is 4.99. The van der Waals surface area contributed by atoms with Crippen LogP contribution >= 0.6 is 0 Å². The molecule has 2 atom stereocenters. The molecule has 4 nitrogen and oxygen atoms in total. The molecule has 0 spiro atoms. The van der Waals surface area contributed by atoms with Crippen molar-refractivity contribution in [3.05, 3.63) is 35.4 Å². The van der Waals surface area contributed by atoms with E-state index in [4.69, 9.17) is 0 Å². The molecule has 2 rings (SSSR count). The summed E-state index contributed by atoms with van der Waals surface area (Å²) < 4.78 is 62.5. The second kappa shape index (κ2) is 4.22. The number of hydrogen-bond donors (Lipinski definition) is 1. The fourth-order valence-electron chi connectivity index (χ4n) is 1.86. The normalized spacial score (nSPS) is 24.0. The van der Waals surface area contributed by atoms with Crippen LogP contribution in [0.3, 0.4) is 0 Å². The molecule has 0 amide bonds. The Bertz CT molecular complexity index is 552. The molecular weight excluding hydrogens is 273 g/mol. The molecule has 0 aromatic heterocycles. The molecular formula is C10H9F3O4S. The highest BCUT2D eigenvalue weighted by molar-refractivity contribution is 7.87. The van der Waals surface area contributed by atoms with E-state index in [0.29, 0.717) is 5.56 Å². The molecule has 0 fully saturated rings. The van der Waals surface area contributed by atoms with Crippen molar-refractivity contribution in [3.63, 3.8) is 0 Å². The van der Waals surface area contributed by atoms with E-state index in [0.717, 1.165) is 0 Å². The van der Waals surface area contributed by atoms with Crippen LogP contribution in [0.1, 0.15) is 29.8 Å². The monoisotopic (exact) mass is 282 g/mol. The summed E-state index contributed by atoms with van der Waals surface area (Å²) in [5.74, 6) is 0. The zero-order valence-electron chi connectivity index (χ0n) is 8.89. The van der Waals surface area contributed by atoms with E-state index >= 15 is 0 Å². The average molecular weight is 282 g/mol. The van der Waals surface area contributed by atoms with Gasteiger partial charge in [0.15, 0.2) is 0 Å². The molecule has 0 bridgehead atoms. The minimum absolute atomic E-state index is 0.214. The Balaban J connectivity index is 2.29. The molecule has 1 aliphatic rings. The number of fused-ring (bicyclic) bond motifs is 1. The number of benzene rings is 1. The minimum atomic E-state index is -5.66. The van der Waals surface area contributed by atoms with Crippen LogP contribution in [-0.4, -0.2) is 19.0 Å². The number of halogens is 3. The second-order valence-corrected chi connectivity index (χ2v) is 5.43. The molecule has 0 saturated carbocycles. The molecule has 1 aromatic rings. The number of aliphatic hydroxyl groups is 1. The van der Waals surface area contributed by atoms with E-state index in [1.807, 2.05) is 0 Å². The zero-order chi connectivity index (χ0) is 13.6. The van der Waals surface area contributed by atoms with Crippen LogP contribution in [0.15, 0.2) is 24.3 Å². The molecule has 1 N–H and O–H groups in total. The molecule has 18 heavy (non-hydrogen) atoms. The Labute approximate surface area is 101 Å². The molecule has 0 radical (unpaired) electrons. The van der Waals surface area contributed by atoms with Gasteiger partial charge in [0, 0.05) is 6.42 Å². The maximum Gasteiger partial charge on any atom is 0.523 e. The van der Waals surface area contributed by atoms with Crippen molar-refractivity contribution in [2.75, 3.05) is 0 Å². The molecule has 1 aliphatic carbocycles. The summed E-state index contributed by atoms with van der Waals surface area (Å²) in [5.41, 5.74) is -4.81. The van der Waals surface area contributed by atoms with Gasteiger partial charge < -0.3 is 5.11 Å². The van der Waals surface area contributed by atoms with Gasteiger partial charge in [-0.15, -0.1) is 0 Å². The third-order valence-electron chi connectivity index (χ3n) is 2.67. The van der Waals surface area contributed by atoms with E-state index in [9.17, 15) is 26.7 Å². The number of hydrogen-bond acceptors (Lipinski definition) is 4. The lowest BCUT2D eigenvalue weighted by molar-refractivity contribution is -0.0582. The largest absolute Gasteiger partial charge is 0.523 e. The second-order valence-electron chi connectivity index (χ2n) is 3.87. The highest BCUT2D eigenvalue weighted by atomic mass is 32.2. The number of rotatable bonds is 2. The maximum absolute atomic E-state index is 12.2. The van der Waals surface area contributed by atoms with Gasteiger partial charge >= 0.3 is 15.6 Å². The summed E-state index contributed by atoms with van der Waals surface area (Å²) in [6.07, 6.45) is -2.54. The molecule has 2 unspecified atom stereocenters. The first-order valence-corrected chi connectivity index (χ1v) is 6.39. The summed E-state index contributed by atoms with van der Waals surface area (Å²) in [6.45, 7) is 0. The van der Waals surface area contributed by atoms with Crippen molar-refractivity contribution in [2.45, 2.75) is 24.1 Å². The van der Waals surface area contributed by atoms with Gasteiger partial charge in [-0.1, -0.05) is 24.3 Å². The Morgan fingerprint density at radius 2 is 1.78 bits per heavy atom. The van der Waals surface area contributed by atoms with Crippen LogP contribution in [0.2, 0.25) is 0 Å². The molecule has 0 heterocycles. The van der Waals surface area contributed by atoms with E-state index in [2.05, 4.69) is 4.18 Å². The first kappa shape index (κ1) is 13.3. The summed E-state index contributed by atoms with van der Waals surface area (Å²) >= 11 is 0. The van der Waals surface area contributed by atoms with Gasteiger partial charge in [0.25, 0.3) is 0 Å². The van der Waals surface area contributed by atoms with Crippen LogP contribution < -0.4 is 0 Å². The van der Waals surface area contributed by atoms with Gasteiger partial charge in [0.2, 0.25) is 0 Å². The molecule has 100 valence electrons. The predicted octanol–water partition coefficient (Wildman–Crippen LogP) is 2.03. The van der Waals surface area contributed by atoms with E-state index in [1.165, 1.54) is 18.2 Å². The van der Waals surface area contributed by atoms with Crippen LogP contribution in [0.25, 0.3) is 0 Å². The Morgan fingerprint density at radius 1 is 1.22 bits per heavy atom. The number of alkyl halides is 3. The van der Waals surface area contributed by atoms with Crippen LogP contribution in [0.5, 0.6) is 0 Å². The van der Waals surface area contributed by atoms with Gasteiger partial charge in [0.1, 0.15) is 6.10 Å². The minimum Gasteiger partial charge on any atom is -0.388 e. The van der Waals surface area contributed by atoms with E-state index in [-0.39, 0.29) is 12.0 Å². The van der Waals surface area contributed by atoms with Gasteiger partial charge in [0.05, 0.1) is 6.10 Å². The lowest BCUT2D eigenvalue weighted by Gasteiger charge is -2.14. The molecule has 8 heteroatoms. The Kier molecular flexibility index (Phi) is 3.12. The van der Waals surface area contributed by atoms with Gasteiger partial charge in [-0.2, -0.15) is 21.6 Å². The van der Waals surface area contributed by atoms with Gasteiger partial charge in [-0.05, 0) is 11.1 Å². The maximum atomic E-state index is 12.2. The molecule has 0 aliphatic heterocycles. The lowest BCUT2D eigenvalue weighted by Crippen LogP contribution is -2.26. The molecule has 0 saturated heterocycles. The van der Waals surface area contributed by atoms with E-state index in [1.54, 1.807) is 6.07 Å². The standard InChI is InChI=1S/C10H9F3O4S/c11-10(12,13)18(15,16)17-9-5-8(14)6-3-1-2-4-7(6)9/h1-4,8-9,14H,5H2. The Hall–Kier alpha value is -1.12. The summed E-state index contributed by atoms with van der Waals surface area (Å²) in [4.78, 5) is 0. The fraction of sp³-hybridized carbons (Fsp3) is 0.400. The van der Waals surface area contributed by atoms with Crippen molar-refractivity contribution in [2.24, 2.45) is 0 Å². The van der Waals surface area contributed by atoms with Crippen LogP contribution in [-0.2, 0) is 14.3 Å². The SMILES string of the molecule is O=S(=O)(OC1CC(O)c2ccccc21)C(F)(F)F. The highest BCUT2D eigenvalue weighted by Crippen LogP contribution is 2.43. The zero-order valence-corrected chi connectivity index (χ0v) is 9.70. The van der Waals surface area contributed by atoms with Crippen molar-refractivity contribution in [1.82, 2.24) is 0 Å². The average Bonchev–Trinajstić information content (AvgIpc) is 2.55. The number of aliphatic hydroxyl groups excluding tert-OH is 1. The third kappa shape index (κ3) is 2.23. The Morgan fingerprint density at radius 3 is 2.33 bits per heavy atom. The smallest absolute Gasteiger partial charge is 0.388 e. The van der Waals surface area contributed by atoms with Crippen LogP contribution in [0.4, 0.5) is 13.2 Å². The van der Waals surface area contributed by atoms with Crippen molar-refractivity contribution < 1.29 is 30.9 Å². The van der Waals surface area contributed by atoms with Crippen molar-refractivity contribution in [3.8, 4) is 0 Å². The van der Waals surface area contributed by atoms with E-state index < -0.39 is 27.8 Å². The quantitative estimate of drug-likeness (QED) is 0.666. The predicted molar refractivity (Wildman–Crippen MR) is 54.8 cm³/mol. The van der Waals surface area contributed by atoms with Crippen LogP contribution in [0, 0.1) is 0 Å². The third-order valence-corrected chi connectivity index (χ3v) is 3.72. The van der Waals surface area contributed by atoms with Crippen molar-refractivity contribution >= 4 is 10.1 Å². The van der Waals surface area contributed by atoms with Gasteiger partial charge in [-0.25, -0.2) is 0 Å². The fourth-order valence-corrected chi connectivity index (χ4v) is 2.46. The summed E-state index contributed by atoms with van der Waals surface area (Å²) in [7, 11) is -5.66. The topological polar surface area (TPSA) is 63.6 Å². The van der Waals surface area contributed by atoms with Crippen molar-refractivity contribution in [1.29, 1.82) is 0 Å². The summed E-state index contributed by atoms with van der Waals surface area (Å²) in [6, 6.07) is 6.09.